The summed E-state index contributed by atoms with van der Waals surface area (Å²) in [7, 11) is 0. The molecule has 0 amide bonds. The molecule has 0 saturated carbocycles. The van der Waals surface area contributed by atoms with Crippen molar-refractivity contribution < 1.29 is 9.90 Å². The standard InChI is InChI=1S/C17H28N2O2/c1-3-19(12-13-20)11-7-8-15(2)18-14-17(21)16-9-5-4-6-10-16/h4-6,9-10,15,18,20H,3,7-8,11-14H2,1-2H3. The maximum absolute atomic E-state index is 12.0. The molecule has 1 aromatic carbocycles. The molecular formula is C17H28N2O2. The summed E-state index contributed by atoms with van der Waals surface area (Å²) in [6.45, 7) is 7.53. The molecule has 0 spiro atoms. The van der Waals surface area contributed by atoms with Crippen molar-refractivity contribution in [2.24, 2.45) is 0 Å². The second-order valence-corrected chi connectivity index (χ2v) is 5.37. The highest BCUT2D eigenvalue weighted by Gasteiger charge is 2.08. The molecule has 2 N–H and O–H groups in total. The van der Waals surface area contributed by atoms with Crippen LogP contribution in [0.2, 0.25) is 0 Å². The summed E-state index contributed by atoms with van der Waals surface area (Å²) in [6.07, 6.45) is 2.10. The molecule has 0 aliphatic heterocycles. The summed E-state index contributed by atoms with van der Waals surface area (Å²) in [5, 5.41) is 12.2. The molecule has 0 saturated heterocycles. The fourth-order valence-electron chi connectivity index (χ4n) is 2.29. The predicted octanol–water partition coefficient (Wildman–Crippen LogP) is 1.94. The average molecular weight is 292 g/mol. The summed E-state index contributed by atoms with van der Waals surface area (Å²) >= 11 is 0. The SMILES string of the molecule is CCN(CCO)CCCC(C)NCC(=O)c1ccccc1. The number of hydrogen-bond acceptors (Lipinski definition) is 4. The quantitative estimate of drug-likeness (QED) is 0.612. The maximum atomic E-state index is 12.0. The van der Waals surface area contributed by atoms with Crippen molar-refractivity contribution in [1.29, 1.82) is 0 Å². The van der Waals surface area contributed by atoms with Gasteiger partial charge in [0.15, 0.2) is 5.78 Å². The van der Waals surface area contributed by atoms with Crippen molar-refractivity contribution in [1.82, 2.24) is 10.2 Å². The van der Waals surface area contributed by atoms with Crippen LogP contribution >= 0.6 is 0 Å². The molecule has 0 aliphatic carbocycles. The Bertz CT molecular complexity index is 395. The van der Waals surface area contributed by atoms with E-state index in [1.807, 2.05) is 30.3 Å². The van der Waals surface area contributed by atoms with Crippen LogP contribution in [-0.2, 0) is 0 Å². The third-order valence-electron chi connectivity index (χ3n) is 3.68. The smallest absolute Gasteiger partial charge is 0.176 e. The van der Waals surface area contributed by atoms with Gasteiger partial charge in [0.2, 0.25) is 0 Å². The van der Waals surface area contributed by atoms with Crippen molar-refractivity contribution in [2.45, 2.75) is 32.7 Å². The first-order chi connectivity index (χ1) is 10.2. The molecule has 0 aromatic heterocycles. The molecule has 4 nitrogen and oxygen atoms in total. The van der Waals surface area contributed by atoms with E-state index in [1.54, 1.807) is 0 Å². The Labute approximate surface area is 128 Å². The zero-order valence-electron chi connectivity index (χ0n) is 13.2. The number of ketones is 1. The highest BCUT2D eigenvalue weighted by atomic mass is 16.3. The lowest BCUT2D eigenvalue weighted by molar-refractivity contribution is 0.0987. The molecule has 0 aliphatic rings. The van der Waals surface area contributed by atoms with Crippen LogP contribution in [0, 0.1) is 0 Å². The lowest BCUT2D eigenvalue weighted by Crippen LogP contribution is -2.33. The predicted molar refractivity (Wildman–Crippen MR) is 86.7 cm³/mol. The van der Waals surface area contributed by atoms with Gasteiger partial charge in [0, 0.05) is 18.2 Å². The van der Waals surface area contributed by atoms with E-state index >= 15 is 0 Å². The summed E-state index contributed by atoms with van der Waals surface area (Å²) in [4.78, 5) is 14.2. The van der Waals surface area contributed by atoms with Gasteiger partial charge in [0.1, 0.15) is 0 Å². The maximum Gasteiger partial charge on any atom is 0.176 e. The van der Waals surface area contributed by atoms with Gasteiger partial charge in [0.25, 0.3) is 0 Å². The fourth-order valence-corrected chi connectivity index (χ4v) is 2.29. The number of carbonyl (C=O) groups excluding carboxylic acids is 1. The largest absolute Gasteiger partial charge is 0.395 e. The van der Waals surface area contributed by atoms with E-state index in [4.69, 9.17) is 5.11 Å². The first kappa shape index (κ1) is 17.8. The van der Waals surface area contributed by atoms with Gasteiger partial charge in [-0.2, -0.15) is 0 Å². The van der Waals surface area contributed by atoms with E-state index in [0.29, 0.717) is 12.6 Å². The summed E-state index contributed by atoms with van der Waals surface area (Å²) in [5.41, 5.74) is 0.761. The van der Waals surface area contributed by atoms with Crippen LogP contribution in [-0.4, -0.2) is 54.6 Å². The van der Waals surface area contributed by atoms with E-state index in [2.05, 4.69) is 24.1 Å². The van der Waals surface area contributed by atoms with E-state index in [9.17, 15) is 4.79 Å². The van der Waals surface area contributed by atoms with Gasteiger partial charge in [-0.25, -0.2) is 0 Å². The molecule has 4 heteroatoms. The second-order valence-electron chi connectivity index (χ2n) is 5.37. The Morgan fingerprint density at radius 1 is 1.29 bits per heavy atom. The van der Waals surface area contributed by atoms with Crippen molar-refractivity contribution in [3.63, 3.8) is 0 Å². The third kappa shape index (κ3) is 7.37. The number of aliphatic hydroxyl groups excluding tert-OH is 1. The first-order valence-corrected chi connectivity index (χ1v) is 7.82. The Balaban J connectivity index is 2.19. The Hall–Kier alpha value is -1.23. The molecule has 1 atom stereocenters. The number of nitrogens with one attached hydrogen (secondary N) is 1. The van der Waals surface area contributed by atoms with Gasteiger partial charge < -0.3 is 15.3 Å². The Kier molecular flexibility index (Phi) is 8.90. The van der Waals surface area contributed by atoms with Crippen molar-refractivity contribution in [3.05, 3.63) is 35.9 Å². The lowest BCUT2D eigenvalue weighted by atomic mass is 10.1. The number of likely N-dealkylation sites (N-methyl/N-ethyl adjacent to an activating group) is 1. The molecule has 0 heterocycles. The molecular weight excluding hydrogens is 264 g/mol. The van der Waals surface area contributed by atoms with E-state index < -0.39 is 0 Å². The Morgan fingerprint density at radius 2 is 2.00 bits per heavy atom. The highest BCUT2D eigenvalue weighted by Crippen LogP contribution is 2.02. The summed E-state index contributed by atoms with van der Waals surface area (Å²) in [5.74, 6) is 0.137. The van der Waals surface area contributed by atoms with Crippen molar-refractivity contribution in [3.8, 4) is 0 Å². The highest BCUT2D eigenvalue weighted by molar-refractivity contribution is 5.97. The fraction of sp³-hybridized carbons (Fsp3) is 0.588. The van der Waals surface area contributed by atoms with Crippen LogP contribution < -0.4 is 5.32 Å². The van der Waals surface area contributed by atoms with Crippen molar-refractivity contribution in [2.75, 3.05) is 32.8 Å². The first-order valence-electron chi connectivity index (χ1n) is 7.82. The number of Topliss-reactive ketones (excluding diaryl/α,β-unsaturated/α-hetero) is 1. The molecule has 118 valence electrons. The van der Waals surface area contributed by atoms with Crippen LogP contribution in [0.3, 0.4) is 0 Å². The number of rotatable bonds is 11. The zero-order valence-corrected chi connectivity index (χ0v) is 13.2. The van der Waals surface area contributed by atoms with Crippen LogP contribution in [0.25, 0.3) is 0 Å². The van der Waals surface area contributed by atoms with Gasteiger partial charge in [-0.05, 0) is 32.9 Å². The molecule has 1 aromatic rings. The minimum Gasteiger partial charge on any atom is -0.395 e. The van der Waals surface area contributed by atoms with Gasteiger partial charge >= 0.3 is 0 Å². The van der Waals surface area contributed by atoms with Crippen molar-refractivity contribution >= 4 is 5.78 Å². The van der Waals surface area contributed by atoms with E-state index in [1.165, 1.54) is 0 Å². The third-order valence-corrected chi connectivity index (χ3v) is 3.68. The molecule has 21 heavy (non-hydrogen) atoms. The number of benzene rings is 1. The zero-order chi connectivity index (χ0) is 15.5. The van der Waals surface area contributed by atoms with Gasteiger partial charge in [-0.3, -0.25) is 4.79 Å². The monoisotopic (exact) mass is 292 g/mol. The van der Waals surface area contributed by atoms with Gasteiger partial charge in [0.05, 0.1) is 13.2 Å². The average Bonchev–Trinajstić information content (AvgIpc) is 2.52. The molecule has 0 fully saturated rings. The topological polar surface area (TPSA) is 52.6 Å². The van der Waals surface area contributed by atoms with Crippen LogP contribution in [0.15, 0.2) is 30.3 Å². The van der Waals surface area contributed by atoms with Gasteiger partial charge in [-0.1, -0.05) is 37.3 Å². The summed E-state index contributed by atoms with van der Waals surface area (Å²) in [6, 6.07) is 9.71. The van der Waals surface area contributed by atoms with Gasteiger partial charge in [-0.15, -0.1) is 0 Å². The summed E-state index contributed by atoms with van der Waals surface area (Å²) < 4.78 is 0. The Morgan fingerprint density at radius 3 is 2.62 bits per heavy atom. The molecule has 0 radical (unpaired) electrons. The minimum absolute atomic E-state index is 0.137. The number of hydrogen-bond donors (Lipinski definition) is 2. The molecule has 1 unspecified atom stereocenters. The number of aliphatic hydroxyl groups is 1. The molecule has 1 rings (SSSR count). The van der Waals surface area contributed by atoms with E-state index in [-0.39, 0.29) is 12.4 Å². The number of carbonyl (C=O) groups is 1. The second kappa shape index (κ2) is 10.5. The van der Waals surface area contributed by atoms with Crippen LogP contribution in [0.4, 0.5) is 0 Å². The lowest BCUT2D eigenvalue weighted by Gasteiger charge is -2.20. The van der Waals surface area contributed by atoms with E-state index in [0.717, 1.165) is 38.0 Å². The normalized spacial score (nSPS) is 12.6. The minimum atomic E-state index is 0.137. The van der Waals surface area contributed by atoms with Crippen LogP contribution in [0.1, 0.15) is 37.0 Å². The molecule has 0 bridgehead atoms. The van der Waals surface area contributed by atoms with Crippen LogP contribution in [0.5, 0.6) is 0 Å². The number of nitrogens with zero attached hydrogens (tertiary/aromatic N) is 1.